The molecule has 9 heteroatoms. The van der Waals surface area contributed by atoms with Crippen LogP contribution in [0.1, 0.15) is 10.6 Å². The standard InChI is InChI=1S/C21H17N3O5S/c1-27-18-9-13(10-19(28-2)20(18)29-3)8-15(11-22)21-23-17(12-30-21)14-4-6-16(7-5-14)24(25)26/h4-10,12H,1-3H3/b15-8+. The summed E-state index contributed by atoms with van der Waals surface area (Å²) in [5.74, 6) is 1.42. The molecule has 3 rings (SSSR count). The Morgan fingerprint density at radius 1 is 1.13 bits per heavy atom. The second-order valence-corrected chi connectivity index (χ2v) is 6.83. The van der Waals surface area contributed by atoms with Crippen LogP contribution in [0.5, 0.6) is 17.2 Å². The van der Waals surface area contributed by atoms with Crippen molar-refractivity contribution in [1.82, 2.24) is 4.98 Å². The normalized spacial score (nSPS) is 10.9. The van der Waals surface area contributed by atoms with Gasteiger partial charge in [0, 0.05) is 23.1 Å². The van der Waals surface area contributed by atoms with Gasteiger partial charge in [-0.05, 0) is 35.9 Å². The number of thiazole rings is 1. The lowest BCUT2D eigenvalue weighted by atomic mass is 10.1. The van der Waals surface area contributed by atoms with E-state index in [1.807, 2.05) is 0 Å². The molecule has 152 valence electrons. The summed E-state index contributed by atoms with van der Waals surface area (Å²) in [7, 11) is 4.56. The third kappa shape index (κ3) is 4.24. The number of benzene rings is 2. The number of nitriles is 1. The summed E-state index contributed by atoms with van der Waals surface area (Å²) in [6, 6.07) is 11.8. The Bertz CT molecular complexity index is 1120. The maximum Gasteiger partial charge on any atom is 0.269 e. The Kier molecular flexibility index (Phi) is 6.29. The Balaban J connectivity index is 1.96. The van der Waals surface area contributed by atoms with Gasteiger partial charge in [0.1, 0.15) is 11.1 Å². The molecule has 0 aliphatic rings. The fourth-order valence-corrected chi connectivity index (χ4v) is 3.57. The van der Waals surface area contributed by atoms with E-state index in [9.17, 15) is 15.4 Å². The fraction of sp³-hybridized carbons (Fsp3) is 0.143. The quantitative estimate of drug-likeness (QED) is 0.305. The summed E-state index contributed by atoms with van der Waals surface area (Å²) in [6.45, 7) is 0. The van der Waals surface area contributed by atoms with Crippen LogP contribution >= 0.6 is 11.3 Å². The highest BCUT2D eigenvalue weighted by atomic mass is 32.1. The summed E-state index contributed by atoms with van der Waals surface area (Å²) in [4.78, 5) is 14.9. The van der Waals surface area contributed by atoms with Crippen molar-refractivity contribution in [2.75, 3.05) is 21.3 Å². The minimum Gasteiger partial charge on any atom is -0.493 e. The minimum absolute atomic E-state index is 0.00853. The summed E-state index contributed by atoms with van der Waals surface area (Å²) >= 11 is 1.31. The number of hydrogen-bond donors (Lipinski definition) is 0. The third-order valence-corrected chi connectivity index (χ3v) is 5.10. The zero-order valence-electron chi connectivity index (χ0n) is 16.4. The number of non-ortho nitro benzene ring substituents is 1. The molecule has 0 N–H and O–H groups in total. The van der Waals surface area contributed by atoms with Gasteiger partial charge in [-0.2, -0.15) is 5.26 Å². The number of nitro benzene ring substituents is 1. The van der Waals surface area contributed by atoms with Crippen LogP contribution in [0.4, 0.5) is 5.69 Å². The second-order valence-electron chi connectivity index (χ2n) is 5.97. The van der Waals surface area contributed by atoms with Crippen molar-refractivity contribution < 1.29 is 19.1 Å². The van der Waals surface area contributed by atoms with Gasteiger partial charge < -0.3 is 14.2 Å². The van der Waals surface area contributed by atoms with Crippen molar-refractivity contribution in [2.24, 2.45) is 0 Å². The number of nitrogens with zero attached hydrogens (tertiary/aromatic N) is 3. The van der Waals surface area contributed by atoms with Crippen molar-refractivity contribution in [3.63, 3.8) is 0 Å². The lowest BCUT2D eigenvalue weighted by molar-refractivity contribution is -0.384. The van der Waals surface area contributed by atoms with Crippen molar-refractivity contribution in [3.8, 4) is 34.6 Å². The monoisotopic (exact) mass is 423 g/mol. The van der Waals surface area contributed by atoms with Gasteiger partial charge in [0.25, 0.3) is 5.69 Å². The molecule has 0 aliphatic heterocycles. The van der Waals surface area contributed by atoms with Crippen LogP contribution in [0.15, 0.2) is 41.8 Å². The first-order valence-electron chi connectivity index (χ1n) is 8.63. The summed E-state index contributed by atoms with van der Waals surface area (Å²) in [5, 5.41) is 22.8. The van der Waals surface area contributed by atoms with Crippen LogP contribution in [-0.4, -0.2) is 31.2 Å². The highest BCUT2D eigenvalue weighted by Gasteiger charge is 2.15. The molecule has 0 bridgehead atoms. The maximum atomic E-state index is 10.8. The van der Waals surface area contributed by atoms with Crippen LogP contribution in [0.2, 0.25) is 0 Å². The van der Waals surface area contributed by atoms with Gasteiger partial charge in [0.2, 0.25) is 5.75 Å². The predicted octanol–water partition coefficient (Wildman–Crippen LogP) is 4.81. The van der Waals surface area contributed by atoms with Crippen molar-refractivity contribution in [1.29, 1.82) is 5.26 Å². The molecule has 2 aromatic carbocycles. The van der Waals surface area contributed by atoms with Crippen molar-refractivity contribution in [2.45, 2.75) is 0 Å². The van der Waals surface area contributed by atoms with E-state index in [1.165, 1.54) is 44.8 Å². The second kappa shape index (κ2) is 9.07. The molecule has 0 unspecified atom stereocenters. The molecule has 8 nitrogen and oxygen atoms in total. The van der Waals surface area contributed by atoms with Gasteiger partial charge in [-0.1, -0.05) is 0 Å². The predicted molar refractivity (Wildman–Crippen MR) is 114 cm³/mol. The van der Waals surface area contributed by atoms with E-state index >= 15 is 0 Å². The minimum atomic E-state index is -0.454. The zero-order chi connectivity index (χ0) is 21.7. The van der Waals surface area contributed by atoms with Gasteiger partial charge >= 0.3 is 0 Å². The molecule has 30 heavy (non-hydrogen) atoms. The van der Waals surface area contributed by atoms with Gasteiger partial charge in [-0.15, -0.1) is 11.3 Å². The first-order chi connectivity index (χ1) is 14.5. The number of hydrogen-bond acceptors (Lipinski definition) is 8. The maximum absolute atomic E-state index is 10.8. The van der Waals surface area contributed by atoms with Gasteiger partial charge in [-0.25, -0.2) is 4.98 Å². The Labute approximate surface area is 176 Å². The van der Waals surface area contributed by atoms with E-state index in [1.54, 1.807) is 35.7 Å². The van der Waals surface area contributed by atoms with Crippen molar-refractivity contribution >= 4 is 28.7 Å². The topological polar surface area (TPSA) is 108 Å². The fourth-order valence-electron chi connectivity index (χ4n) is 2.78. The summed E-state index contributed by atoms with van der Waals surface area (Å²) in [5.41, 5.74) is 2.42. The van der Waals surface area contributed by atoms with E-state index in [0.29, 0.717) is 39.1 Å². The average Bonchev–Trinajstić information content (AvgIpc) is 3.26. The number of methoxy groups -OCH3 is 3. The molecule has 0 spiro atoms. The smallest absolute Gasteiger partial charge is 0.269 e. The van der Waals surface area contributed by atoms with Gasteiger partial charge in [-0.3, -0.25) is 10.1 Å². The molecule has 0 saturated carbocycles. The first-order valence-corrected chi connectivity index (χ1v) is 9.51. The lowest BCUT2D eigenvalue weighted by Crippen LogP contribution is -1.95. The average molecular weight is 423 g/mol. The molecule has 3 aromatic rings. The SMILES string of the molecule is COc1cc(/C=C(\C#N)c2nc(-c3ccc([N+](=O)[O-])cc3)cs2)cc(OC)c1OC. The van der Waals surface area contributed by atoms with Gasteiger partial charge in [0.15, 0.2) is 11.5 Å². The first kappa shape index (κ1) is 20.8. The van der Waals surface area contributed by atoms with E-state index in [4.69, 9.17) is 14.2 Å². The summed E-state index contributed by atoms with van der Waals surface area (Å²) in [6.07, 6.45) is 1.68. The molecular formula is C21H17N3O5S. The Morgan fingerprint density at radius 3 is 2.27 bits per heavy atom. The number of ether oxygens (including phenoxy) is 3. The molecule has 0 amide bonds. The van der Waals surface area contributed by atoms with E-state index < -0.39 is 4.92 Å². The van der Waals surface area contributed by atoms with Crippen molar-refractivity contribution in [3.05, 3.63) is 62.5 Å². The van der Waals surface area contributed by atoms with E-state index in [-0.39, 0.29) is 5.69 Å². The molecule has 0 radical (unpaired) electrons. The molecule has 0 saturated heterocycles. The van der Waals surface area contributed by atoms with E-state index in [2.05, 4.69) is 11.1 Å². The van der Waals surface area contributed by atoms with Crippen LogP contribution in [-0.2, 0) is 0 Å². The largest absolute Gasteiger partial charge is 0.493 e. The Hall–Kier alpha value is -3.90. The molecule has 1 heterocycles. The molecule has 1 aromatic heterocycles. The van der Waals surface area contributed by atoms with Gasteiger partial charge in [0.05, 0.1) is 37.5 Å². The number of allylic oxidation sites excluding steroid dienone is 1. The van der Waals surface area contributed by atoms with Crippen LogP contribution in [0, 0.1) is 21.4 Å². The molecule has 0 fully saturated rings. The lowest BCUT2D eigenvalue weighted by Gasteiger charge is -2.13. The molecular weight excluding hydrogens is 406 g/mol. The van der Waals surface area contributed by atoms with E-state index in [0.717, 1.165) is 5.56 Å². The number of rotatable bonds is 7. The number of aromatic nitrogens is 1. The van der Waals surface area contributed by atoms with Crippen LogP contribution in [0.3, 0.4) is 0 Å². The van der Waals surface area contributed by atoms with Crippen LogP contribution < -0.4 is 14.2 Å². The third-order valence-electron chi connectivity index (χ3n) is 4.23. The molecule has 0 atom stereocenters. The zero-order valence-corrected chi connectivity index (χ0v) is 17.2. The highest BCUT2D eigenvalue weighted by Crippen LogP contribution is 2.39. The molecule has 0 aliphatic carbocycles. The summed E-state index contributed by atoms with van der Waals surface area (Å²) < 4.78 is 16.0. The Morgan fingerprint density at radius 2 is 1.77 bits per heavy atom. The number of nitro groups is 1. The van der Waals surface area contributed by atoms with Crippen LogP contribution in [0.25, 0.3) is 22.9 Å². The highest BCUT2D eigenvalue weighted by molar-refractivity contribution is 7.11.